The standard InChI is InChI=1S/C17H15BrN4O3S/c1-24-14-5-3-2-4-13(14)19-16(23)20-17-22-21-15(26-17)10-25-12-8-6-11(18)7-9-12/h2-9H,10H2,1H3,(H2,19,20,22,23). The van der Waals surface area contributed by atoms with Gasteiger partial charge in [-0.25, -0.2) is 4.79 Å². The second kappa shape index (κ2) is 8.63. The molecular weight excluding hydrogens is 420 g/mol. The fourth-order valence-electron chi connectivity index (χ4n) is 2.04. The van der Waals surface area contributed by atoms with E-state index in [1.165, 1.54) is 11.3 Å². The average molecular weight is 435 g/mol. The van der Waals surface area contributed by atoms with Crippen LogP contribution in [0.1, 0.15) is 5.01 Å². The first-order valence-corrected chi connectivity index (χ1v) is 9.17. The van der Waals surface area contributed by atoms with E-state index in [2.05, 4.69) is 36.8 Å². The van der Waals surface area contributed by atoms with Crippen LogP contribution in [0, 0.1) is 0 Å². The number of halogens is 1. The number of carbonyl (C=O) groups excluding carboxylic acids is 1. The highest BCUT2D eigenvalue weighted by Crippen LogP contribution is 2.24. The third-order valence-corrected chi connectivity index (χ3v) is 4.56. The Bertz CT molecular complexity index is 886. The number of amides is 2. The summed E-state index contributed by atoms with van der Waals surface area (Å²) in [6.45, 7) is 0.273. The van der Waals surface area contributed by atoms with Gasteiger partial charge < -0.3 is 14.8 Å². The monoisotopic (exact) mass is 434 g/mol. The van der Waals surface area contributed by atoms with Gasteiger partial charge in [-0.15, -0.1) is 10.2 Å². The molecule has 0 aliphatic carbocycles. The summed E-state index contributed by atoms with van der Waals surface area (Å²) in [5, 5.41) is 14.3. The lowest BCUT2D eigenvalue weighted by atomic mass is 10.3. The maximum Gasteiger partial charge on any atom is 0.325 e. The van der Waals surface area contributed by atoms with Crippen LogP contribution in [0.3, 0.4) is 0 Å². The van der Waals surface area contributed by atoms with E-state index in [4.69, 9.17) is 9.47 Å². The zero-order valence-electron chi connectivity index (χ0n) is 13.7. The average Bonchev–Trinajstić information content (AvgIpc) is 3.09. The molecule has 2 amide bonds. The van der Waals surface area contributed by atoms with Gasteiger partial charge in [-0.2, -0.15) is 0 Å². The van der Waals surface area contributed by atoms with Gasteiger partial charge in [0.1, 0.15) is 18.1 Å². The zero-order chi connectivity index (χ0) is 18.4. The first-order chi connectivity index (χ1) is 12.6. The van der Waals surface area contributed by atoms with E-state index in [1.54, 1.807) is 25.3 Å². The van der Waals surface area contributed by atoms with Gasteiger partial charge >= 0.3 is 6.03 Å². The first-order valence-electron chi connectivity index (χ1n) is 7.56. The van der Waals surface area contributed by atoms with Crippen LogP contribution >= 0.6 is 27.3 Å². The van der Waals surface area contributed by atoms with Crippen LogP contribution in [-0.2, 0) is 6.61 Å². The van der Waals surface area contributed by atoms with E-state index in [1.807, 2.05) is 30.3 Å². The number of methoxy groups -OCH3 is 1. The number of para-hydroxylation sites is 2. The highest BCUT2D eigenvalue weighted by molar-refractivity contribution is 9.10. The van der Waals surface area contributed by atoms with Crippen LogP contribution in [0.4, 0.5) is 15.6 Å². The van der Waals surface area contributed by atoms with Gasteiger partial charge in [0.05, 0.1) is 12.8 Å². The summed E-state index contributed by atoms with van der Waals surface area (Å²) in [5.41, 5.74) is 0.566. The minimum Gasteiger partial charge on any atom is -0.495 e. The molecule has 0 aliphatic heterocycles. The lowest BCUT2D eigenvalue weighted by Gasteiger charge is -2.09. The molecule has 1 heterocycles. The smallest absolute Gasteiger partial charge is 0.325 e. The SMILES string of the molecule is COc1ccccc1NC(=O)Nc1nnc(COc2ccc(Br)cc2)s1. The molecule has 1 aromatic heterocycles. The number of ether oxygens (including phenoxy) is 2. The summed E-state index contributed by atoms with van der Waals surface area (Å²) in [7, 11) is 1.54. The number of nitrogens with one attached hydrogen (secondary N) is 2. The van der Waals surface area contributed by atoms with Gasteiger partial charge in [0.2, 0.25) is 5.13 Å². The van der Waals surface area contributed by atoms with E-state index in [0.29, 0.717) is 21.6 Å². The molecule has 0 spiro atoms. The summed E-state index contributed by atoms with van der Waals surface area (Å²) >= 11 is 4.61. The number of urea groups is 1. The van der Waals surface area contributed by atoms with Crippen LogP contribution < -0.4 is 20.1 Å². The van der Waals surface area contributed by atoms with Crippen LogP contribution in [-0.4, -0.2) is 23.3 Å². The third kappa shape index (κ3) is 4.93. The van der Waals surface area contributed by atoms with Gasteiger partial charge in [0.15, 0.2) is 5.01 Å². The highest BCUT2D eigenvalue weighted by atomic mass is 79.9. The zero-order valence-corrected chi connectivity index (χ0v) is 16.1. The van der Waals surface area contributed by atoms with Gasteiger partial charge in [-0.3, -0.25) is 5.32 Å². The van der Waals surface area contributed by atoms with Gasteiger partial charge in [-0.1, -0.05) is 39.4 Å². The Kier molecular flexibility index (Phi) is 6.03. The van der Waals surface area contributed by atoms with Crippen molar-refractivity contribution in [3.63, 3.8) is 0 Å². The number of anilines is 2. The fraction of sp³-hybridized carbons (Fsp3) is 0.118. The van der Waals surface area contributed by atoms with E-state index in [0.717, 1.165) is 10.2 Å². The molecule has 0 fully saturated rings. The van der Waals surface area contributed by atoms with Crippen molar-refractivity contribution < 1.29 is 14.3 Å². The van der Waals surface area contributed by atoms with Crippen LogP contribution in [0.25, 0.3) is 0 Å². The molecule has 2 aromatic carbocycles. The number of rotatable bonds is 6. The van der Waals surface area contributed by atoms with Crippen molar-refractivity contribution in [2.45, 2.75) is 6.61 Å². The Morgan fingerprint density at radius 3 is 2.65 bits per heavy atom. The normalized spacial score (nSPS) is 10.2. The van der Waals surface area contributed by atoms with Crippen molar-refractivity contribution in [2.24, 2.45) is 0 Å². The van der Waals surface area contributed by atoms with Crippen molar-refractivity contribution in [2.75, 3.05) is 17.7 Å². The minimum absolute atomic E-state index is 0.273. The van der Waals surface area contributed by atoms with Crippen molar-refractivity contribution in [1.82, 2.24) is 10.2 Å². The van der Waals surface area contributed by atoms with Gasteiger partial charge in [0.25, 0.3) is 0 Å². The lowest BCUT2D eigenvalue weighted by Crippen LogP contribution is -2.19. The molecule has 0 unspecified atom stereocenters. The summed E-state index contributed by atoms with van der Waals surface area (Å²) in [5.74, 6) is 1.30. The minimum atomic E-state index is -0.425. The topological polar surface area (TPSA) is 85.4 Å². The Labute approximate surface area is 162 Å². The number of hydrogen-bond donors (Lipinski definition) is 2. The molecule has 9 heteroatoms. The van der Waals surface area contributed by atoms with E-state index in [-0.39, 0.29) is 6.61 Å². The maximum atomic E-state index is 12.1. The molecule has 7 nitrogen and oxygen atoms in total. The van der Waals surface area contributed by atoms with E-state index < -0.39 is 6.03 Å². The first kappa shape index (κ1) is 18.2. The quantitative estimate of drug-likeness (QED) is 0.594. The number of hydrogen-bond acceptors (Lipinski definition) is 6. The number of nitrogens with zero attached hydrogens (tertiary/aromatic N) is 2. The second-order valence-corrected chi connectivity index (χ2v) is 7.00. The number of carbonyl (C=O) groups is 1. The highest BCUT2D eigenvalue weighted by Gasteiger charge is 2.11. The molecule has 0 aliphatic rings. The Balaban J connectivity index is 1.54. The van der Waals surface area contributed by atoms with Gasteiger partial charge in [0, 0.05) is 4.47 Å². The van der Waals surface area contributed by atoms with E-state index >= 15 is 0 Å². The van der Waals surface area contributed by atoms with Gasteiger partial charge in [-0.05, 0) is 36.4 Å². The molecular formula is C17H15BrN4O3S. The Morgan fingerprint density at radius 2 is 1.88 bits per heavy atom. The van der Waals surface area contributed by atoms with Crippen LogP contribution in [0.5, 0.6) is 11.5 Å². The maximum absolute atomic E-state index is 12.1. The van der Waals surface area contributed by atoms with Crippen LogP contribution in [0.15, 0.2) is 53.0 Å². The summed E-state index contributed by atoms with van der Waals surface area (Å²) in [4.78, 5) is 12.1. The third-order valence-electron chi connectivity index (χ3n) is 3.22. The van der Waals surface area contributed by atoms with Crippen LogP contribution in [0.2, 0.25) is 0 Å². The van der Waals surface area contributed by atoms with Crippen molar-refractivity contribution >= 4 is 44.1 Å². The second-order valence-electron chi connectivity index (χ2n) is 5.02. The molecule has 0 saturated heterocycles. The molecule has 0 atom stereocenters. The number of benzene rings is 2. The molecule has 26 heavy (non-hydrogen) atoms. The van der Waals surface area contributed by atoms with Crippen molar-refractivity contribution in [3.8, 4) is 11.5 Å². The lowest BCUT2D eigenvalue weighted by molar-refractivity contribution is 0.262. The molecule has 134 valence electrons. The molecule has 0 bridgehead atoms. The summed E-state index contributed by atoms with van der Waals surface area (Å²) in [6.07, 6.45) is 0. The van der Waals surface area contributed by atoms with E-state index in [9.17, 15) is 4.79 Å². The Morgan fingerprint density at radius 1 is 1.12 bits per heavy atom. The predicted octanol–water partition coefficient (Wildman–Crippen LogP) is 4.53. The molecule has 0 radical (unpaired) electrons. The summed E-state index contributed by atoms with van der Waals surface area (Å²) < 4.78 is 11.8. The molecule has 2 N–H and O–H groups in total. The molecule has 3 aromatic rings. The summed E-state index contributed by atoms with van der Waals surface area (Å²) in [6, 6.07) is 14.2. The fourth-order valence-corrected chi connectivity index (χ4v) is 2.95. The number of aromatic nitrogens is 2. The van der Waals surface area contributed by atoms with Crippen molar-refractivity contribution in [3.05, 3.63) is 58.0 Å². The largest absolute Gasteiger partial charge is 0.495 e. The Hall–Kier alpha value is -2.65. The molecule has 3 rings (SSSR count). The predicted molar refractivity (Wildman–Crippen MR) is 104 cm³/mol. The van der Waals surface area contributed by atoms with Crippen molar-refractivity contribution in [1.29, 1.82) is 0 Å². The molecule has 0 saturated carbocycles.